The van der Waals surface area contributed by atoms with Crippen molar-refractivity contribution in [3.63, 3.8) is 0 Å². The maximum Gasteiger partial charge on any atom is 0.344 e. The van der Waals surface area contributed by atoms with Crippen molar-refractivity contribution in [2.24, 2.45) is 0 Å². The highest BCUT2D eigenvalue weighted by atomic mass is 16.5. The van der Waals surface area contributed by atoms with Crippen molar-refractivity contribution in [2.45, 2.75) is 6.92 Å². The van der Waals surface area contributed by atoms with Gasteiger partial charge in [-0.15, -0.1) is 0 Å². The Morgan fingerprint density at radius 2 is 1.12 bits per heavy atom. The number of hydrogen-bond acceptors (Lipinski definition) is 2. The molecule has 0 heterocycles. The normalized spacial score (nSPS) is 11.5. The van der Waals surface area contributed by atoms with Gasteiger partial charge >= 0.3 is 5.97 Å². The van der Waals surface area contributed by atoms with E-state index in [0.717, 1.165) is 16.7 Å². The van der Waals surface area contributed by atoms with Crippen LogP contribution in [0, 0.1) is 0 Å². The van der Waals surface area contributed by atoms with Crippen molar-refractivity contribution in [2.75, 3.05) is 0 Å². The predicted octanol–water partition coefficient (Wildman–Crippen LogP) is 5.22. The zero-order valence-electron chi connectivity index (χ0n) is 13.5. The Kier molecular flexibility index (Phi) is 4.87. The molecule has 0 fully saturated rings. The quantitative estimate of drug-likeness (QED) is 0.285. The zero-order chi connectivity index (χ0) is 16.8. The summed E-state index contributed by atoms with van der Waals surface area (Å²) in [5.74, 6) is 0.186. The molecule has 24 heavy (non-hydrogen) atoms. The zero-order valence-corrected chi connectivity index (χ0v) is 13.5. The molecule has 3 aromatic carbocycles. The van der Waals surface area contributed by atoms with Gasteiger partial charge in [-0.05, 0) is 35.8 Å². The molecule has 3 rings (SSSR count). The number of hydrogen-bond donors (Lipinski definition) is 0. The van der Waals surface area contributed by atoms with Gasteiger partial charge in [-0.25, -0.2) is 4.79 Å². The summed E-state index contributed by atoms with van der Waals surface area (Å²) in [6.45, 7) is 1.95. The molecule has 0 amide bonds. The molecular weight excluding hydrogens is 296 g/mol. The van der Waals surface area contributed by atoms with Crippen LogP contribution in [0.1, 0.15) is 18.1 Å². The van der Waals surface area contributed by atoms with Crippen LogP contribution in [-0.4, -0.2) is 5.97 Å². The van der Waals surface area contributed by atoms with E-state index < -0.39 is 0 Å². The van der Waals surface area contributed by atoms with E-state index >= 15 is 0 Å². The fraction of sp³-hybridized carbons (Fsp3) is 0.0455. The molecule has 0 aliphatic rings. The highest BCUT2D eigenvalue weighted by Crippen LogP contribution is 2.27. The second-order valence-electron chi connectivity index (χ2n) is 5.43. The van der Waals surface area contributed by atoms with Crippen LogP contribution in [0.5, 0.6) is 5.75 Å². The van der Waals surface area contributed by atoms with Crippen molar-refractivity contribution in [1.82, 2.24) is 0 Å². The lowest BCUT2D eigenvalue weighted by molar-refractivity contribution is -0.127. The second-order valence-corrected chi connectivity index (χ2v) is 5.43. The molecule has 0 unspecified atom stereocenters. The monoisotopic (exact) mass is 314 g/mol. The standard InChI is InChI=1S/C22H18O2/c1-17(18-11-5-2-6-12-18)21(19-13-7-3-8-14-19)22(23)24-20-15-9-4-10-16-20/h2-16H,1H3. The summed E-state index contributed by atoms with van der Waals surface area (Å²) in [7, 11) is 0. The van der Waals surface area contributed by atoms with Crippen LogP contribution >= 0.6 is 0 Å². The molecule has 0 saturated carbocycles. The number of ether oxygens (including phenoxy) is 1. The van der Waals surface area contributed by atoms with Gasteiger partial charge in [0.2, 0.25) is 0 Å². The number of benzene rings is 3. The minimum Gasteiger partial charge on any atom is -0.423 e. The Labute approximate surface area is 142 Å². The van der Waals surface area contributed by atoms with Crippen LogP contribution < -0.4 is 4.74 Å². The summed E-state index contributed by atoms with van der Waals surface area (Å²) >= 11 is 0. The van der Waals surface area contributed by atoms with E-state index in [0.29, 0.717) is 11.3 Å². The minimum absolute atomic E-state index is 0.353. The van der Waals surface area contributed by atoms with E-state index in [-0.39, 0.29) is 5.97 Å². The first-order valence-corrected chi connectivity index (χ1v) is 7.84. The van der Waals surface area contributed by atoms with Crippen LogP contribution in [-0.2, 0) is 4.79 Å². The highest BCUT2D eigenvalue weighted by Gasteiger charge is 2.18. The largest absolute Gasteiger partial charge is 0.423 e. The van der Waals surface area contributed by atoms with Crippen LogP contribution in [0.25, 0.3) is 11.1 Å². The number of para-hydroxylation sites is 1. The predicted molar refractivity (Wildman–Crippen MR) is 97.4 cm³/mol. The Morgan fingerprint density at radius 3 is 1.67 bits per heavy atom. The molecule has 2 nitrogen and oxygen atoms in total. The molecule has 0 radical (unpaired) electrons. The summed E-state index contributed by atoms with van der Waals surface area (Å²) in [6.07, 6.45) is 0. The maximum absolute atomic E-state index is 12.8. The van der Waals surface area contributed by atoms with E-state index in [4.69, 9.17) is 4.74 Å². The molecular formula is C22H18O2. The third-order valence-electron chi connectivity index (χ3n) is 3.80. The fourth-order valence-corrected chi connectivity index (χ4v) is 2.57. The van der Waals surface area contributed by atoms with Crippen molar-refractivity contribution in [1.29, 1.82) is 0 Å². The number of carbonyl (C=O) groups excluding carboxylic acids is 1. The average molecular weight is 314 g/mol. The minimum atomic E-state index is -0.353. The van der Waals surface area contributed by atoms with E-state index in [9.17, 15) is 4.79 Å². The third kappa shape index (κ3) is 3.61. The summed E-state index contributed by atoms with van der Waals surface area (Å²) in [6, 6.07) is 28.6. The van der Waals surface area contributed by atoms with Crippen molar-refractivity contribution >= 4 is 17.1 Å². The Hall–Kier alpha value is -3.13. The van der Waals surface area contributed by atoms with E-state index in [1.165, 1.54) is 0 Å². The second kappa shape index (κ2) is 7.42. The first-order chi connectivity index (χ1) is 11.8. The lowest BCUT2D eigenvalue weighted by Crippen LogP contribution is -2.12. The van der Waals surface area contributed by atoms with Crippen LogP contribution in [0.4, 0.5) is 0 Å². The fourth-order valence-electron chi connectivity index (χ4n) is 2.57. The molecule has 0 aromatic heterocycles. The van der Waals surface area contributed by atoms with Crippen LogP contribution in [0.15, 0.2) is 91.0 Å². The third-order valence-corrected chi connectivity index (χ3v) is 3.80. The summed E-state index contributed by atoms with van der Waals surface area (Å²) < 4.78 is 5.58. The molecule has 0 spiro atoms. The molecule has 2 heteroatoms. The average Bonchev–Trinajstić information content (AvgIpc) is 2.64. The molecule has 118 valence electrons. The highest BCUT2D eigenvalue weighted by molar-refractivity contribution is 6.24. The molecule has 0 atom stereocenters. The number of carbonyl (C=O) groups is 1. The number of esters is 1. The van der Waals surface area contributed by atoms with Gasteiger partial charge < -0.3 is 4.74 Å². The van der Waals surface area contributed by atoms with Gasteiger partial charge in [0.1, 0.15) is 5.75 Å². The van der Waals surface area contributed by atoms with Gasteiger partial charge in [-0.3, -0.25) is 0 Å². The van der Waals surface area contributed by atoms with E-state index in [1.54, 1.807) is 12.1 Å². The Balaban J connectivity index is 2.04. The van der Waals surface area contributed by atoms with Crippen molar-refractivity contribution in [3.8, 4) is 5.75 Å². The molecule has 0 saturated heterocycles. The topological polar surface area (TPSA) is 26.3 Å². The lowest BCUT2D eigenvalue weighted by Gasteiger charge is -2.13. The SMILES string of the molecule is CC(=C(C(=O)Oc1ccccc1)c1ccccc1)c1ccccc1. The van der Waals surface area contributed by atoms with E-state index in [2.05, 4.69) is 0 Å². The van der Waals surface area contributed by atoms with Gasteiger partial charge in [-0.2, -0.15) is 0 Å². The van der Waals surface area contributed by atoms with Gasteiger partial charge in [0.15, 0.2) is 0 Å². The molecule has 0 bridgehead atoms. The van der Waals surface area contributed by atoms with Gasteiger partial charge in [0.25, 0.3) is 0 Å². The lowest BCUT2D eigenvalue weighted by atomic mass is 9.96. The number of allylic oxidation sites excluding steroid dienone is 1. The van der Waals surface area contributed by atoms with Gasteiger partial charge in [0, 0.05) is 0 Å². The van der Waals surface area contributed by atoms with Crippen molar-refractivity contribution < 1.29 is 9.53 Å². The summed E-state index contributed by atoms with van der Waals surface area (Å²) in [5, 5.41) is 0. The Morgan fingerprint density at radius 1 is 0.667 bits per heavy atom. The van der Waals surface area contributed by atoms with Crippen LogP contribution in [0.3, 0.4) is 0 Å². The summed E-state index contributed by atoms with van der Waals surface area (Å²) in [5.41, 5.74) is 3.31. The smallest absolute Gasteiger partial charge is 0.344 e. The number of rotatable bonds is 4. The van der Waals surface area contributed by atoms with Gasteiger partial charge in [-0.1, -0.05) is 78.9 Å². The summed E-state index contributed by atoms with van der Waals surface area (Å²) in [4.78, 5) is 12.8. The molecule has 0 N–H and O–H groups in total. The van der Waals surface area contributed by atoms with Crippen LogP contribution in [0.2, 0.25) is 0 Å². The van der Waals surface area contributed by atoms with Gasteiger partial charge in [0.05, 0.1) is 5.57 Å². The molecule has 0 aliphatic carbocycles. The van der Waals surface area contributed by atoms with Crippen molar-refractivity contribution in [3.05, 3.63) is 102 Å². The first-order valence-electron chi connectivity index (χ1n) is 7.84. The van der Waals surface area contributed by atoms with E-state index in [1.807, 2.05) is 85.8 Å². The maximum atomic E-state index is 12.8. The Bertz CT molecular complexity index is 835. The molecule has 3 aromatic rings. The molecule has 0 aliphatic heterocycles. The first kappa shape index (κ1) is 15.8.